The van der Waals surface area contributed by atoms with Crippen LogP contribution in [0.3, 0.4) is 0 Å². The number of benzene rings is 1. The lowest BCUT2D eigenvalue weighted by molar-refractivity contribution is -0.143. The van der Waals surface area contributed by atoms with Crippen molar-refractivity contribution >= 4 is 17.8 Å². The number of carbonyl (C=O) groups excluding carboxylic acids is 1. The average Bonchev–Trinajstić information content (AvgIpc) is 3.21. The molecule has 0 radical (unpaired) electrons. The molecule has 2 aromatic rings. The Morgan fingerprint density at radius 3 is 2.28 bits per heavy atom. The number of aliphatic carboxylic acids is 2. The van der Waals surface area contributed by atoms with Crippen molar-refractivity contribution in [2.75, 3.05) is 13.6 Å². The molecule has 3 atom stereocenters. The van der Waals surface area contributed by atoms with Crippen LogP contribution in [0.2, 0.25) is 0 Å². The number of likely N-dealkylation sites (N-methyl/N-ethyl adjacent to an activating group) is 1. The maximum atomic E-state index is 12.5. The van der Waals surface area contributed by atoms with Crippen molar-refractivity contribution in [3.05, 3.63) is 54.1 Å². The lowest BCUT2D eigenvalue weighted by atomic mass is 10.0. The fourth-order valence-electron chi connectivity index (χ4n) is 2.77. The first kappa shape index (κ1) is 22.1. The van der Waals surface area contributed by atoms with Crippen LogP contribution in [0.5, 0.6) is 0 Å². The van der Waals surface area contributed by atoms with E-state index in [1.807, 2.05) is 30.3 Å². The van der Waals surface area contributed by atoms with E-state index >= 15 is 0 Å². The molecule has 156 valence electrons. The van der Waals surface area contributed by atoms with E-state index < -0.39 is 36.0 Å². The van der Waals surface area contributed by atoms with Crippen LogP contribution in [0.25, 0.3) is 0 Å². The molecule has 0 aliphatic rings. The number of nitrogens with zero attached hydrogens (tertiary/aromatic N) is 1. The number of carboxylic acids is 2. The zero-order valence-electron chi connectivity index (χ0n) is 16.0. The zero-order valence-corrected chi connectivity index (χ0v) is 16.0. The summed E-state index contributed by atoms with van der Waals surface area (Å²) in [5, 5.41) is 26.8. The van der Waals surface area contributed by atoms with Gasteiger partial charge in [0.25, 0.3) is 0 Å². The molecule has 0 saturated carbocycles. The van der Waals surface area contributed by atoms with Crippen molar-refractivity contribution in [1.29, 1.82) is 0 Å². The highest BCUT2D eigenvalue weighted by molar-refractivity contribution is 5.87. The maximum Gasteiger partial charge on any atom is 0.327 e. The summed E-state index contributed by atoms with van der Waals surface area (Å²) in [6.45, 7) is -0.242. The molecule has 6 N–H and O–H groups in total. The van der Waals surface area contributed by atoms with Gasteiger partial charge < -0.3 is 31.1 Å². The second-order valence-electron chi connectivity index (χ2n) is 6.51. The topological polar surface area (TPSA) is 156 Å². The van der Waals surface area contributed by atoms with E-state index in [1.165, 1.54) is 12.5 Å². The molecule has 1 amide bonds. The summed E-state index contributed by atoms with van der Waals surface area (Å²) in [6.07, 6.45) is 3.41. The fourth-order valence-corrected chi connectivity index (χ4v) is 2.77. The normalized spacial score (nSPS) is 14.0. The van der Waals surface area contributed by atoms with Gasteiger partial charge in [-0.25, -0.2) is 9.78 Å². The van der Waals surface area contributed by atoms with E-state index in [9.17, 15) is 24.6 Å². The molecule has 29 heavy (non-hydrogen) atoms. The SMILES string of the molecule is CN[C@@H](Cc1ccccc1)C(=O)NC(CN[C@@H](Cc1cnc[nH]1)C(=O)O)C(=O)O. The molecule has 2 rings (SSSR count). The van der Waals surface area contributed by atoms with Crippen LogP contribution in [0.1, 0.15) is 11.3 Å². The molecule has 1 unspecified atom stereocenters. The molecule has 0 fully saturated rings. The lowest BCUT2D eigenvalue weighted by Crippen LogP contribution is -2.55. The van der Waals surface area contributed by atoms with E-state index in [0.717, 1.165) is 5.56 Å². The lowest BCUT2D eigenvalue weighted by Gasteiger charge is -2.22. The van der Waals surface area contributed by atoms with Crippen LogP contribution in [-0.4, -0.2) is 69.7 Å². The molecular weight excluding hydrogens is 378 g/mol. The van der Waals surface area contributed by atoms with Gasteiger partial charge in [0.05, 0.1) is 12.4 Å². The van der Waals surface area contributed by atoms with Crippen molar-refractivity contribution in [1.82, 2.24) is 25.9 Å². The Balaban J connectivity index is 1.96. The van der Waals surface area contributed by atoms with Crippen molar-refractivity contribution < 1.29 is 24.6 Å². The Labute approximate surface area is 167 Å². The van der Waals surface area contributed by atoms with E-state index in [4.69, 9.17) is 0 Å². The predicted molar refractivity (Wildman–Crippen MR) is 104 cm³/mol. The third-order valence-electron chi connectivity index (χ3n) is 4.41. The summed E-state index contributed by atoms with van der Waals surface area (Å²) >= 11 is 0. The predicted octanol–water partition coefficient (Wildman–Crippen LogP) is -0.605. The monoisotopic (exact) mass is 403 g/mol. The standard InChI is InChI=1S/C19H25N5O5/c1-20-14(7-12-5-3-2-4-6-12)17(25)24-16(19(28)29)10-22-15(18(26)27)8-13-9-21-11-23-13/h2-6,9,11,14-16,20,22H,7-8,10H2,1H3,(H,21,23)(H,24,25)(H,26,27)(H,28,29)/t14-,15-,16?/m0/s1. The number of imidazole rings is 1. The van der Waals surface area contributed by atoms with Crippen LogP contribution < -0.4 is 16.0 Å². The molecule has 0 aliphatic carbocycles. The molecule has 0 aliphatic heterocycles. The molecule has 0 bridgehead atoms. The van der Waals surface area contributed by atoms with Crippen molar-refractivity contribution in [2.24, 2.45) is 0 Å². The Kier molecular flexibility index (Phi) is 8.31. The average molecular weight is 403 g/mol. The van der Waals surface area contributed by atoms with E-state index in [0.29, 0.717) is 12.1 Å². The quantitative estimate of drug-likeness (QED) is 0.274. The number of nitrogens with one attached hydrogen (secondary N) is 4. The summed E-state index contributed by atoms with van der Waals surface area (Å²) in [5.74, 6) is -2.87. The molecule has 10 heteroatoms. The van der Waals surface area contributed by atoms with E-state index in [-0.39, 0.29) is 13.0 Å². The van der Waals surface area contributed by atoms with E-state index in [1.54, 1.807) is 7.05 Å². The zero-order chi connectivity index (χ0) is 21.2. The number of carboxylic acid groups (broad SMARTS) is 2. The van der Waals surface area contributed by atoms with Gasteiger partial charge in [0.15, 0.2) is 0 Å². The number of rotatable bonds is 12. The summed E-state index contributed by atoms with van der Waals surface area (Å²) in [7, 11) is 1.62. The Hall–Kier alpha value is -3.24. The minimum Gasteiger partial charge on any atom is -0.480 e. The number of hydrogen-bond acceptors (Lipinski definition) is 6. The number of hydrogen-bond donors (Lipinski definition) is 6. The van der Waals surface area contributed by atoms with Crippen molar-refractivity contribution in [3.63, 3.8) is 0 Å². The van der Waals surface area contributed by atoms with Crippen molar-refractivity contribution in [2.45, 2.75) is 31.0 Å². The molecular formula is C19H25N5O5. The van der Waals surface area contributed by atoms with Gasteiger partial charge in [0.2, 0.25) is 5.91 Å². The molecule has 1 aromatic carbocycles. The minimum atomic E-state index is -1.28. The summed E-state index contributed by atoms with van der Waals surface area (Å²) in [6, 6.07) is 6.40. The number of H-pyrrole nitrogens is 1. The van der Waals surface area contributed by atoms with Gasteiger partial charge in [-0.1, -0.05) is 30.3 Å². The number of aromatic amines is 1. The first-order chi connectivity index (χ1) is 13.9. The van der Waals surface area contributed by atoms with Gasteiger partial charge in [-0.15, -0.1) is 0 Å². The summed E-state index contributed by atoms with van der Waals surface area (Å²) in [5.41, 5.74) is 1.52. The largest absolute Gasteiger partial charge is 0.480 e. The second kappa shape index (κ2) is 10.9. The van der Waals surface area contributed by atoms with Gasteiger partial charge in [-0.2, -0.15) is 0 Å². The Morgan fingerprint density at radius 2 is 1.72 bits per heavy atom. The van der Waals surface area contributed by atoms with Crippen LogP contribution in [0, 0.1) is 0 Å². The van der Waals surface area contributed by atoms with Crippen LogP contribution >= 0.6 is 0 Å². The molecule has 1 aromatic heterocycles. The Morgan fingerprint density at radius 1 is 1.03 bits per heavy atom. The minimum absolute atomic E-state index is 0.1000. The number of aromatic nitrogens is 2. The van der Waals surface area contributed by atoms with Gasteiger partial charge in [-0.05, 0) is 19.0 Å². The van der Waals surface area contributed by atoms with Gasteiger partial charge in [0, 0.05) is 24.9 Å². The molecule has 1 heterocycles. The van der Waals surface area contributed by atoms with Crippen molar-refractivity contribution in [3.8, 4) is 0 Å². The number of amides is 1. The first-order valence-corrected chi connectivity index (χ1v) is 9.08. The molecule has 0 spiro atoms. The fraction of sp³-hybridized carbons (Fsp3) is 0.368. The highest BCUT2D eigenvalue weighted by Crippen LogP contribution is 2.04. The third-order valence-corrected chi connectivity index (χ3v) is 4.41. The van der Waals surface area contributed by atoms with Crippen LogP contribution in [0.15, 0.2) is 42.9 Å². The second-order valence-corrected chi connectivity index (χ2v) is 6.51. The smallest absolute Gasteiger partial charge is 0.327 e. The molecule has 10 nitrogen and oxygen atoms in total. The van der Waals surface area contributed by atoms with Gasteiger partial charge >= 0.3 is 11.9 Å². The summed E-state index contributed by atoms with van der Waals surface area (Å²) in [4.78, 5) is 42.2. The highest BCUT2D eigenvalue weighted by atomic mass is 16.4. The Bertz CT molecular complexity index is 797. The van der Waals surface area contributed by atoms with E-state index in [2.05, 4.69) is 25.9 Å². The number of carbonyl (C=O) groups is 3. The van der Waals surface area contributed by atoms with Gasteiger partial charge in [-0.3, -0.25) is 9.59 Å². The first-order valence-electron chi connectivity index (χ1n) is 9.08. The third kappa shape index (κ3) is 7.01. The van der Waals surface area contributed by atoms with Crippen LogP contribution in [-0.2, 0) is 27.2 Å². The molecule has 0 saturated heterocycles. The summed E-state index contributed by atoms with van der Waals surface area (Å²) < 4.78 is 0. The van der Waals surface area contributed by atoms with Crippen LogP contribution in [0.4, 0.5) is 0 Å². The maximum absolute atomic E-state index is 12.5. The van der Waals surface area contributed by atoms with Gasteiger partial charge in [0.1, 0.15) is 12.1 Å². The highest BCUT2D eigenvalue weighted by Gasteiger charge is 2.27.